The second-order valence-corrected chi connectivity index (χ2v) is 13.9. The van der Waals surface area contributed by atoms with E-state index in [9.17, 15) is 14.4 Å². The van der Waals surface area contributed by atoms with E-state index in [0.29, 0.717) is 12.8 Å². The smallest absolute Gasteiger partial charge is 0.322 e. The van der Waals surface area contributed by atoms with Crippen molar-refractivity contribution >= 4 is 17.8 Å². The van der Waals surface area contributed by atoms with Gasteiger partial charge in [0.1, 0.15) is 12.6 Å². The number of rotatable bonds is 37. The second kappa shape index (κ2) is 37.0. The number of carboxylic acid groups (broad SMARTS) is 1. The third-order valence-corrected chi connectivity index (χ3v) is 9.19. The topological polar surface area (TPSA) is 92.7 Å². The van der Waals surface area contributed by atoms with E-state index in [4.69, 9.17) is 9.84 Å². The number of aliphatic carboxylic acids is 1. The Balaban J connectivity index is 3.98. The maximum atomic E-state index is 12.7. The molecule has 1 unspecified atom stereocenters. The molecule has 0 saturated carbocycles. The first kappa shape index (κ1) is 45.2. The molecule has 0 radical (unpaired) electrons. The van der Waals surface area contributed by atoms with Crippen molar-refractivity contribution in [3.63, 3.8) is 0 Å². The van der Waals surface area contributed by atoms with Gasteiger partial charge in [0.2, 0.25) is 5.91 Å². The number of carbonyl (C=O) groups is 3. The van der Waals surface area contributed by atoms with Crippen molar-refractivity contribution in [2.45, 2.75) is 225 Å². The minimum absolute atomic E-state index is 0.0198. The molecule has 0 fully saturated rings. The molecule has 47 heavy (non-hydrogen) atoms. The Kier molecular flexibility index (Phi) is 35.5. The SMILES string of the molecule is CCCCCCCCC/C=C\CCCCCCCCCC(=O)OC(CCCCCCCCC)CCCCCCCC(=O)NCC(=O)O. The molecule has 0 heterocycles. The van der Waals surface area contributed by atoms with Crippen molar-refractivity contribution in [1.82, 2.24) is 5.32 Å². The van der Waals surface area contributed by atoms with E-state index in [-0.39, 0.29) is 24.5 Å². The normalized spacial score (nSPS) is 12.0. The molecule has 0 aromatic carbocycles. The second-order valence-electron chi connectivity index (χ2n) is 13.9. The fourth-order valence-corrected chi connectivity index (χ4v) is 6.16. The van der Waals surface area contributed by atoms with Gasteiger partial charge in [0.15, 0.2) is 0 Å². The zero-order valence-electron chi connectivity index (χ0n) is 31.1. The van der Waals surface area contributed by atoms with E-state index in [2.05, 4.69) is 31.3 Å². The van der Waals surface area contributed by atoms with Gasteiger partial charge in [-0.25, -0.2) is 0 Å². The van der Waals surface area contributed by atoms with Crippen LogP contribution in [0.3, 0.4) is 0 Å². The largest absolute Gasteiger partial charge is 0.480 e. The highest BCUT2D eigenvalue weighted by Crippen LogP contribution is 2.19. The number of carboxylic acids is 1. The Morgan fingerprint density at radius 2 is 0.915 bits per heavy atom. The average Bonchev–Trinajstić information content (AvgIpc) is 3.05. The lowest BCUT2D eigenvalue weighted by atomic mass is 10.0. The summed E-state index contributed by atoms with van der Waals surface area (Å²) in [5.41, 5.74) is 0. The zero-order chi connectivity index (χ0) is 34.5. The standard InChI is InChI=1S/C41H77NO5/c1-3-5-7-9-11-12-13-14-15-16-17-18-19-20-21-23-28-32-36-41(46)47-38(33-29-25-22-10-8-6-4-2)34-30-26-24-27-31-35-39(43)42-37-40(44)45/h15-16,38H,3-14,17-37H2,1-2H3,(H,42,43)(H,44,45)/b16-15-. The van der Waals surface area contributed by atoms with E-state index >= 15 is 0 Å². The summed E-state index contributed by atoms with van der Waals surface area (Å²) in [5.74, 6) is -1.23. The lowest BCUT2D eigenvalue weighted by Gasteiger charge is -2.18. The number of hydrogen-bond donors (Lipinski definition) is 2. The molecule has 1 atom stereocenters. The van der Waals surface area contributed by atoms with E-state index < -0.39 is 5.97 Å². The third-order valence-electron chi connectivity index (χ3n) is 9.19. The van der Waals surface area contributed by atoms with Gasteiger partial charge in [-0.2, -0.15) is 0 Å². The summed E-state index contributed by atoms with van der Waals surface area (Å²) in [6, 6.07) is 0. The molecular weight excluding hydrogens is 586 g/mol. The molecule has 2 N–H and O–H groups in total. The molecule has 1 amide bonds. The van der Waals surface area contributed by atoms with Crippen LogP contribution in [0.1, 0.15) is 219 Å². The van der Waals surface area contributed by atoms with Crippen LogP contribution in [0.15, 0.2) is 12.2 Å². The third kappa shape index (κ3) is 36.8. The monoisotopic (exact) mass is 664 g/mol. The van der Waals surface area contributed by atoms with Crippen molar-refractivity contribution in [1.29, 1.82) is 0 Å². The highest BCUT2D eigenvalue weighted by Gasteiger charge is 2.14. The molecule has 0 bridgehead atoms. The van der Waals surface area contributed by atoms with E-state index in [0.717, 1.165) is 64.2 Å². The first-order valence-corrected chi connectivity index (χ1v) is 20.3. The number of hydrogen-bond acceptors (Lipinski definition) is 4. The fraction of sp³-hybridized carbons (Fsp3) is 0.878. The van der Waals surface area contributed by atoms with Crippen LogP contribution in [0.2, 0.25) is 0 Å². The van der Waals surface area contributed by atoms with Gasteiger partial charge in [-0.3, -0.25) is 14.4 Å². The van der Waals surface area contributed by atoms with Crippen LogP contribution < -0.4 is 5.32 Å². The highest BCUT2D eigenvalue weighted by atomic mass is 16.5. The van der Waals surface area contributed by atoms with Crippen LogP contribution in [0.25, 0.3) is 0 Å². The van der Waals surface area contributed by atoms with Crippen molar-refractivity contribution in [2.75, 3.05) is 6.54 Å². The van der Waals surface area contributed by atoms with E-state index in [1.807, 2.05) is 0 Å². The van der Waals surface area contributed by atoms with Crippen molar-refractivity contribution in [3.8, 4) is 0 Å². The number of nitrogens with one attached hydrogen (secondary N) is 1. The molecule has 276 valence electrons. The maximum Gasteiger partial charge on any atom is 0.322 e. The van der Waals surface area contributed by atoms with Crippen LogP contribution in [0.5, 0.6) is 0 Å². The number of unbranched alkanes of at least 4 members (excludes halogenated alkanes) is 24. The Morgan fingerprint density at radius 3 is 1.36 bits per heavy atom. The molecule has 6 heteroatoms. The van der Waals surface area contributed by atoms with Gasteiger partial charge in [-0.1, -0.05) is 154 Å². The summed E-state index contributed by atoms with van der Waals surface area (Å²) in [7, 11) is 0. The van der Waals surface area contributed by atoms with Crippen molar-refractivity contribution < 1.29 is 24.2 Å². The summed E-state index contributed by atoms with van der Waals surface area (Å²) in [5, 5.41) is 11.1. The minimum Gasteiger partial charge on any atom is -0.480 e. The maximum absolute atomic E-state index is 12.7. The Labute approximate surface area is 291 Å². The predicted octanol–water partition coefficient (Wildman–Crippen LogP) is 12.2. The van der Waals surface area contributed by atoms with Crippen LogP contribution in [0.4, 0.5) is 0 Å². The number of esters is 1. The predicted molar refractivity (Wildman–Crippen MR) is 199 cm³/mol. The molecular formula is C41H77NO5. The van der Waals surface area contributed by atoms with Crippen molar-refractivity contribution in [2.24, 2.45) is 0 Å². The first-order chi connectivity index (χ1) is 23.0. The zero-order valence-corrected chi connectivity index (χ0v) is 31.1. The lowest BCUT2D eigenvalue weighted by Crippen LogP contribution is -2.28. The van der Waals surface area contributed by atoms with E-state index in [1.165, 1.54) is 128 Å². The molecule has 0 aliphatic carbocycles. The Bertz CT molecular complexity index is 737. The Hall–Kier alpha value is -1.85. The van der Waals surface area contributed by atoms with Gasteiger partial charge < -0.3 is 15.2 Å². The highest BCUT2D eigenvalue weighted by molar-refractivity contribution is 5.80. The Morgan fingerprint density at radius 1 is 0.532 bits per heavy atom. The van der Waals surface area contributed by atoms with Crippen LogP contribution >= 0.6 is 0 Å². The van der Waals surface area contributed by atoms with Crippen LogP contribution in [-0.4, -0.2) is 35.6 Å². The van der Waals surface area contributed by atoms with Gasteiger partial charge in [0.05, 0.1) is 0 Å². The summed E-state index contributed by atoms with van der Waals surface area (Å²) in [6.07, 6.45) is 42.0. The number of amides is 1. The first-order valence-electron chi connectivity index (χ1n) is 20.3. The number of carbonyl (C=O) groups excluding carboxylic acids is 2. The molecule has 0 aromatic heterocycles. The molecule has 0 aromatic rings. The molecule has 0 aliphatic heterocycles. The van der Waals surface area contributed by atoms with Gasteiger partial charge in [-0.05, 0) is 64.2 Å². The molecule has 0 spiro atoms. The molecule has 0 saturated heterocycles. The van der Waals surface area contributed by atoms with Crippen LogP contribution in [0, 0.1) is 0 Å². The average molecular weight is 664 g/mol. The van der Waals surface area contributed by atoms with Gasteiger partial charge in [0.25, 0.3) is 0 Å². The summed E-state index contributed by atoms with van der Waals surface area (Å²) in [6.45, 7) is 4.21. The number of ether oxygens (including phenoxy) is 1. The molecule has 0 aliphatic rings. The van der Waals surface area contributed by atoms with Gasteiger partial charge in [-0.15, -0.1) is 0 Å². The molecule has 0 rings (SSSR count). The number of allylic oxidation sites excluding steroid dienone is 2. The van der Waals surface area contributed by atoms with Crippen molar-refractivity contribution in [3.05, 3.63) is 12.2 Å². The minimum atomic E-state index is -1.02. The summed E-state index contributed by atoms with van der Waals surface area (Å²) >= 11 is 0. The van der Waals surface area contributed by atoms with Gasteiger partial charge in [0, 0.05) is 12.8 Å². The lowest BCUT2D eigenvalue weighted by molar-refractivity contribution is -0.150. The summed E-state index contributed by atoms with van der Waals surface area (Å²) < 4.78 is 5.99. The van der Waals surface area contributed by atoms with Crippen LogP contribution in [-0.2, 0) is 19.1 Å². The molecule has 6 nitrogen and oxygen atoms in total. The summed E-state index contributed by atoms with van der Waals surface area (Å²) in [4.78, 5) is 34.8. The van der Waals surface area contributed by atoms with E-state index in [1.54, 1.807) is 0 Å². The fourth-order valence-electron chi connectivity index (χ4n) is 6.16. The van der Waals surface area contributed by atoms with Gasteiger partial charge >= 0.3 is 11.9 Å². The quantitative estimate of drug-likeness (QED) is 0.0392.